The average Bonchev–Trinajstić information content (AvgIpc) is 2.64. The minimum Gasteiger partial charge on any atom is -0.354 e. The summed E-state index contributed by atoms with van der Waals surface area (Å²) in [7, 11) is -3.67. The number of unbranched alkanes of at least 4 members (excludes halogenated alkanes) is 1. The van der Waals surface area contributed by atoms with E-state index in [1.807, 2.05) is 0 Å². The topological polar surface area (TPSA) is 88.5 Å². The van der Waals surface area contributed by atoms with E-state index in [-0.39, 0.29) is 17.3 Å². The summed E-state index contributed by atoms with van der Waals surface area (Å²) in [6, 6.07) is 2.49. The van der Waals surface area contributed by atoms with Crippen LogP contribution in [0.15, 0.2) is 28.0 Å². The van der Waals surface area contributed by atoms with Gasteiger partial charge in [0.2, 0.25) is 15.9 Å². The van der Waals surface area contributed by atoms with Crippen molar-refractivity contribution in [3.05, 3.63) is 28.7 Å². The van der Waals surface area contributed by atoms with Gasteiger partial charge in [0, 0.05) is 31.9 Å². The maximum absolute atomic E-state index is 12.6. The van der Waals surface area contributed by atoms with Gasteiger partial charge in [-0.25, -0.2) is 8.42 Å². The molecule has 0 saturated heterocycles. The molecule has 1 aromatic rings. The lowest BCUT2D eigenvalue weighted by molar-refractivity contribution is -0.121. The molecule has 0 radical (unpaired) electrons. The summed E-state index contributed by atoms with van der Waals surface area (Å²) in [5.41, 5.74) is -0.401. The third-order valence-electron chi connectivity index (χ3n) is 4.74. The molecule has 8 heteroatoms. The molecule has 1 rings (SSSR count). The van der Waals surface area contributed by atoms with Gasteiger partial charge in [-0.3, -0.25) is 9.59 Å². The van der Waals surface area contributed by atoms with Crippen LogP contribution in [-0.2, 0) is 21.4 Å². The molecule has 27 heavy (non-hydrogen) atoms. The Morgan fingerprint density at radius 2 is 1.85 bits per heavy atom. The van der Waals surface area contributed by atoms with Crippen molar-refractivity contribution in [3.8, 4) is 0 Å². The number of nitrogens with zero attached hydrogens (tertiary/aromatic N) is 2. The molecule has 0 spiro atoms. The Morgan fingerprint density at radius 1 is 1.19 bits per heavy atom. The molecule has 1 atom stereocenters. The first-order valence-corrected chi connectivity index (χ1v) is 11.2. The fourth-order valence-electron chi connectivity index (χ4n) is 2.91. The van der Waals surface area contributed by atoms with Crippen molar-refractivity contribution >= 4 is 15.9 Å². The van der Waals surface area contributed by atoms with Crippen LogP contribution in [0.25, 0.3) is 0 Å². The van der Waals surface area contributed by atoms with E-state index in [2.05, 4.69) is 19.2 Å². The molecule has 1 N–H and O–H groups in total. The van der Waals surface area contributed by atoms with Crippen molar-refractivity contribution < 1.29 is 13.2 Å². The number of aromatic nitrogens is 1. The Morgan fingerprint density at radius 3 is 2.41 bits per heavy atom. The second-order valence-corrected chi connectivity index (χ2v) is 8.58. The normalized spacial score (nSPS) is 12.9. The fourth-order valence-corrected chi connectivity index (χ4v) is 4.39. The molecule has 0 aliphatic heterocycles. The zero-order valence-electron chi connectivity index (χ0n) is 16.9. The van der Waals surface area contributed by atoms with Crippen LogP contribution in [0.2, 0.25) is 0 Å². The van der Waals surface area contributed by atoms with E-state index < -0.39 is 15.6 Å². The minimum absolute atomic E-state index is 0.0213. The zero-order chi connectivity index (χ0) is 20.4. The maximum Gasteiger partial charge on any atom is 0.251 e. The van der Waals surface area contributed by atoms with E-state index in [0.29, 0.717) is 25.6 Å². The van der Waals surface area contributed by atoms with E-state index >= 15 is 0 Å². The van der Waals surface area contributed by atoms with Crippen LogP contribution in [0.3, 0.4) is 0 Å². The molecular weight excluding hydrogens is 366 g/mol. The first-order valence-electron chi connectivity index (χ1n) is 9.77. The van der Waals surface area contributed by atoms with E-state index in [4.69, 9.17) is 0 Å². The van der Waals surface area contributed by atoms with Gasteiger partial charge in [0.1, 0.15) is 6.54 Å². The highest BCUT2D eigenvalue weighted by Crippen LogP contribution is 2.14. The zero-order valence-corrected chi connectivity index (χ0v) is 17.7. The van der Waals surface area contributed by atoms with Crippen molar-refractivity contribution in [2.75, 3.05) is 19.6 Å². The Bertz CT molecular complexity index is 754. The fraction of sp³-hybridized carbons (Fsp3) is 0.684. The number of rotatable bonds is 12. The number of carbonyl (C=O) groups is 1. The van der Waals surface area contributed by atoms with Gasteiger partial charge in [0.05, 0.1) is 4.90 Å². The van der Waals surface area contributed by atoms with Gasteiger partial charge in [-0.2, -0.15) is 4.31 Å². The van der Waals surface area contributed by atoms with Crippen molar-refractivity contribution in [2.45, 2.75) is 64.8 Å². The van der Waals surface area contributed by atoms with Gasteiger partial charge < -0.3 is 9.88 Å². The quantitative estimate of drug-likeness (QED) is 0.584. The summed E-state index contributed by atoms with van der Waals surface area (Å²) in [5.74, 6) is 0.129. The number of sulfonamides is 1. The number of nitrogens with one attached hydrogen (secondary N) is 1. The summed E-state index contributed by atoms with van der Waals surface area (Å²) in [5, 5.41) is 2.86. The van der Waals surface area contributed by atoms with E-state index in [0.717, 1.165) is 30.3 Å². The molecule has 1 aromatic heterocycles. The smallest absolute Gasteiger partial charge is 0.251 e. The van der Waals surface area contributed by atoms with Gasteiger partial charge >= 0.3 is 0 Å². The number of carbonyl (C=O) groups excluding carboxylic acids is 1. The van der Waals surface area contributed by atoms with Crippen LogP contribution >= 0.6 is 0 Å². The van der Waals surface area contributed by atoms with Crippen LogP contribution in [0.5, 0.6) is 0 Å². The average molecular weight is 400 g/mol. The van der Waals surface area contributed by atoms with Crippen molar-refractivity contribution in [2.24, 2.45) is 5.92 Å². The lowest BCUT2D eigenvalue weighted by Gasteiger charge is -2.19. The minimum atomic E-state index is -3.67. The number of hydrogen-bond acceptors (Lipinski definition) is 4. The molecule has 0 aliphatic rings. The Kier molecular flexibility index (Phi) is 9.73. The van der Waals surface area contributed by atoms with E-state index in [1.165, 1.54) is 22.6 Å². The molecule has 154 valence electrons. The van der Waals surface area contributed by atoms with Gasteiger partial charge in [-0.1, -0.05) is 47.0 Å². The number of pyridine rings is 1. The molecule has 0 aromatic carbocycles. The van der Waals surface area contributed by atoms with E-state index in [1.54, 1.807) is 13.8 Å². The molecule has 1 amide bonds. The van der Waals surface area contributed by atoms with Crippen LogP contribution in [0.1, 0.15) is 53.4 Å². The summed E-state index contributed by atoms with van der Waals surface area (Å²) in [6.45, 7) is 8.81. The maximum atomic E-state index is 12.6. The molecule has 0 bridgehead atoms. The van der Waals surface area contributed by atoms with Crippen LogP contribution in [-0.4, -0.2) is 42.8 Å². The van der Waals surface area contributed by atoms with Crippen LogP contribution in [0.4, 0.5) is 0 Å². The Balaban J connectivity index is 2.86. The second kappa shape index (κ2) is 11.2. The molecule has 0 aliphatic carbocycles. The highest BCUT2D eigenvalue weighted by molar-refractivity contribution is 7.89. The molecule has 1 unspecified atom stereocenters. The SMILES string of the molecule is CCCCC(CC)CNC(=O)Cn1cc(S(=O)(=O)N(CC)CC)ccc1=O. The van der Waals surface area contributed by atoms with Gasteiger partial charge in [-0.05, 0) is 18.4 Å². The molecular formula is C19H33N3O4S. The van der Waals surface area contributed by atoms with Crippen molar-refractivity contribution in [3.63, 3.8) is 0 Å². The van der Waals surface area contributed by atoms with Crippen molar-refractivity contribution in [1.82, 2.24) is 14.2 Å². The first kappa shape index (κ1) is 23.4. The Hall–Kier alpha value is -1.67. The second-order valence-electron chi connectivity index (χ2n) is 6.64. The lowest BCUT2D eigenvalue weighted by atomic mass is 9.99. The van der Waals surface area contributed by atoms with Gasteiger partial charge in [-0.15, -0.1) is 0 Å². The van der Waals surface area contributed by atoms with Crippen LogP contribution < -0.4 is 10.9 Å². The third kappa shape index (κ3) is 6.77. The number of amides is 1. The largest absolute Gasteiger partial charge is 0.354 e. The van der Waals surface area contributed by atoms with Gasteiger partial charge in [0.25, 0.3) is 5.56 Å². The predicted octanol–water partition coefficient (Wildman–Crippen LogP) is 2.21. The predicted molar refractivity (Wildman–Crippen MR) is 107 cm³/mol. The monoisotopic (exact) mass is 399 g/mol. The lowest BCUT2D eigenvalue weighted by Crippen LogP contribution is -2.36. The molecule has 0 saturated carbocycles. The standard InChI is InChI=1S/C19H33N3O4S/c1-5-9-10-16(6-2)13-20-18(23)15-21-14-17(11-12-19(21)24)27(25,26)22(7-3)8-4/h11-12,14,16H,5-10,13,15H2,1-4H3,(H,20,23). The molecule has 7 nitrogen and oxygen atoms in total. The summed E-state index contributed by atoms with van der Waals surface area (Å²) in [6.07, 6.45) is 5.54. The molecule has 1 heterocycles. The summed E-state index contributed by atoms with van der Waals surface area (Å²) < 4.78 is 27.7. The van der Waals surface area contributed by atoms with Crippen LogP contribution in [0, 0.1) is 5.92 Å². The Labute approximate surface area is 162 Å². The highest BCUT2D eigenvalue weighted by atomic mass is 32.2. The highest BCUT2D eigenvalue weighted by Gasteiger charge is 2.22. The summed E-state index contributed by atoms with van der Waals surface area (Å²) in [4.78, 5) is 24.3. The third-order valence-corrected chi connectivity index (χ3v) is 6.78. The molecule has 0 fully saturated rings. The van der Waals surface area contributed by atoms with Gasteiger partial charge in [0.15, 0.2) is 0 Å². The van der Waals surface area contributed by atoms with Crippen molar-refractivity contribution in [1.29, 1.82) is 0 Å². The summed E-state index contributed by atoms with van der Waals surface area (Å²) >= 11 is 0. The van der Waals surface area contributed by atoms with E-state index in [9.17, 15) is 18.0 Å². The number of hydrogen-bond donors (Lipinski definition) is 1. The first-order chi connectivity index (χ1) is 12.8.